The molecule has 1 aromatic heterocycles. The molecule has 0 unspecified atom stereocenters. The predicted octanol–water partition coefficient (Wildman–Crippen LogP) is 1.85. The highest BCUT2D eigenvalue weighted by Crippen LogP contribution is 2.12. The number of hydrogen-bond donors (Lipinski definition) is 1. The van der Waals surface area contributed by atoms with Gasteiger partial charge in [0.25, 0.3) is 5.91 Å². The lowest BCUT2D eigenvalue weighted by Gasteiger charge is -2.13. The van der Waals surface area contributed by atoms with Gasteiger partial charge in [0.15, 0.2) is 0 Å². The number of hydrogen-bond acceptors (Lipinski definition) is 5. The van der Waals surface area contributed by atoms with Gasteiger partial charge in [0.2, 0.25) is 5.95 Å². The largest absolute Gasteiger partial charge is 0.378 e. The highest BCUT2D eigenvalue weighted by Gasteiger charge is 2.08. The molecule has 0 fully saturated rings. The molecule has 0 spiro atoms. The average Bonchev–Trinajstić information content (AvgIpc) is 2.52. The Morgan fingerprint density at radius 2 is 1.70 bits per heavy atom. The van der Waals surface area contributed by atoms with E-state index in [0.717, 1.165) is 17.1 Å². The summed E-state index contributed by atoms with van der Waals surface area (Å²) in [7, 11) is 7.72. The molecule has 1 heterocycles. The maximum absolute atomic E-state index is 12.2. The molecule has 0 atom stereocenters. The van der Waals surface area contributed by atoms with Crippen molar-refractivity contribution in [1.82, 2.24) is 15.3 Å². The molecule has 0 saturated heterocycles. The first-order chi connectivity index (χ1) is 10.9. The van der Waals surface area contributed by atoms with Crippen LogP contribution in [-0.2, 0) is 6.54 Å². The van der Waals surface area contributed by atoms with Crippen LogP contribution in [0.4, 0.5) is 11.6 Å². The quantitative estimate of drug-likeness (QED) is 0.913. The SMILES string of the molecule is Cc1cc(CNC(=O)c2ccc(N(C)C)cc2)nc(N(C)C)n1. The fourth-order valence-corrected chi connectivity index (χ4v) is 2.09. The Morgan fingerprint density at radius 1 is 1.04 bits per heavy atom. The van der Waals surface area contributed by atoms with Crippen molar-refractivity contribution in [3.05, 3.63) is 47.3 Å². The third-order valence-electron chi connectivity index (χ3n) is 3.37. The van der Waals surface area contributed by atoms with Crippen molar-refractivity contribution < 1.29 is 4.79 Å². The summed E-state index contributed by atoms with van der Waals surface area (Å²) < 4.78 is 0. The van der Waals surface area contributed by atoms with E-state index in [1.165, 1.54) is 0 Å². The van der Waals surface area contributed by atoms with Crippen molar-refractivity contribution in [3.8, 4) is 0 Å². The van der Waals surface area contributed by atoms with Gasteiger partial charge < -0.3 is 15.1 Å². The Bertz CT molecular complexity index is 680. The average molecular weight is 313 g/mol. The fraction of sp³-hybridized carbons (Fsp3) is 0.353. The summed E-state index contributed by atoms with van der Waals surface area (Å²) >= 11 is 0. The van der Waals surface area contributed by atoms with Crippen molar-refractivity contribution in [2.45, 2.75) is 13.5 Å². The van der Waals surface area contributed by atoms with E-state index in [-0.39, 0.29) is 5.91 Å². The third-order valence-corrected chi connectivity index (χ3v) is 3.37. The van der Waals surface area contributed by atoms with Crippen molar-refractivity contribution >= 4 is 17.5 Å². The molecule has 0 bridgehead atoms. The number of amides is 1. The first-order valence-electron chi connectivity index (χ1n) is 7.44. The molecule has 1 amide bonds. The molecule has 122 valence electrons. The number of aryl methyl sites for hydroxylation is 1. The van der Waals surface area contributed by atoms with E-state index in [0.29, 0.717) is 18.1 Å². The molecule has 0 radical (unpaired) electrons. The zero-order chi connectivity index (χ0) is 17.0. The van der Waals surface area contributed by atoms with Gasteiger partial charge in [-0.05, 0) is 37.3 Å². The van der Waals surface area contributed by atoms with Crippen molar-refractivity contribution in [1.29, 1.82) is 0 Å². The number of anilines is 2. The Labute approximate surface area is 137 Å². The summed E-state index contributed by atoms with van der Waals surface area (Å²) in [6.45, 7) is 2.29. The van der Waals surface area contributed by atoms with Gasteiger partial charge in [0, 0.05) is 45.1 Å². The second kappa shape index (κ2) is 7.09. The smallest absolute Gasteiger partial charge is 0.251 e. The Kier molecular flexibility index (Phi) is 5.16. The summed E-state index contributed by atoms with van der Waals surface area (Å²) in [6, 6.07) is 9.37. The highest BCUT2D eigenvalue weighted by molar-refractivity contribution is 5.94. The molecule has 6 nitrogen and oxygen atoms in total. The number of nitrogens with zero attached hydrogens (tertiary/aromatic N) is 4. The number of aromatic nitrogens is 2. The highest BCUT2D eigenvalue weighted by atomic mass is 16.1. The molecule has 6 heteroatoms. The summed E-state index contributed by atoms with van der Waals surface area (Å²) in [5.41, 5.74) is 3.36. The molecule has 2 rings (SSSR count). The van der Waals surface area contributed by atoms with Crippen LogP contribution in [0.2, 0.25) is 0 Å². The second-order valence-electron chi connectivity index (χ2n) is 5.82. The summed E-state index contributed by atoms with van der Waals surface area (Å²) in [5, 5.41) is 2.90. The van der Waals surface area contributed by atoms with Crippen LogP contribution in [0.5, 0.6) is 0 Å². The summed E-state index contributed by atoms with van der Waals surface area (Å²) in [5.74, 6) is 0.530. The molecule has 2 aromatic rings. The second-order valence-corrected chi connectivity index (χ2v) is 5.82. The topological polar surface area (TPSA) is 61.4 Å². The Hall–Kier alpha value is -2.63. The first kappa shape index (κ1) is 16.7. The van der Waals surface area contributed by atoms with Gasteiger partial charge in [-0.3, -0.25) is 4.79 Å². The van der Waals surface area contributed by atoms with E-state index in [1.807, 2.05) is 75.2 Å². The van der Waals surface area contributed by atoms with Crippen LogP contribution in [0.3, 0.4) is 0 Å². The molecule has 0 saturated carbocycles. The van der Waals surface area contributed by atoms with Gasteiger partial charge >= 0.3 is 0 Å². The predicted molar refractivity (Wildman–Crippen MR) is 93.0 cm³/mol. The Balaban J connectivity index is 2.04. The summed E-state index contributed by atoms with van der Waals surface area (Å²) in [6.07, 6.45) is 0. The van der Waals surface area contributed by atoms with E-state index in [4.69, 9.17) is 0 Å². The van der Waals surface area contributed by atoms with Crippen LogP contribution in [0, 0.1) is 6.92 Å². The minimum atomic E-state index is -0.113. The zero-order valence-electron chi connectivity index (χ0n) is 14.3. The number of benzene rings is 1. The molecule has 1 N–H and O–H groups in total. The van der Waals surface area contributed by atoms with Crippen LogP contribution in [-0.4, -0.2) is 44.1 Å². The molecule has 1 aromatic carbocycles. The van der Waals surface area contributed by atoms with Gasteiger partial charge in [-0.15, -0.1) is 0 Å². The molecular formula is C17H23N5O. The minimum Gasteiger partial charge on any atom is -0.378 e. The maximum Gasteiger partial charge on any atom is 0.251 e. The number of nitrogens with one attached hydrogen (secondary N) is 1. The normalized spacial score (nSPS) is 10.3. The maximum atomic E-state index is 12.2. The van der Waals surface area contributed by atoms with Crippen LogP contribution >= 0.6 is 0 Å². The number of carbonyl (C=O) groups excluding carboxylic acids is 1. The van der Waals surface area contributed by atoms with Gasteiger partial charge in [0.05, 0.1) is 12.2 Å². The van der Waals surface area contributed by atoms with Crippen molar-refractivity contribution in [3.63, 3.8) is 0 Å². The zero-order valence-corrected chi connectivity index (χ0v) is 14.3. The van der Waals surface area contributed by atoms with E-state index in [2.05, 4.69) is 15.3 Å². The summed E-state index contributed by atoms with van der Waals surface area (Å²) in [4.78, 5) is 24.8. The molecular weight excluding hydrogens is 290 g/mol. The minimum absolute atomic E-state index is 0.113. The van der Waals surface area contributed by atoms with Gasteiger partial charge in [0.1, 0.15) is 0 Å². The standard InChI is InChI=1S/C17H23N5O/c1-12-10-14(20-17(19-12)22(4)5)11-18-16(23)13-6-8-15(9-7-13)21(2)3/h6-10H,11H2,1-5H3,(H,18,23). The third kappa shape index (κ3) is 4.42. The molecule has 23 heavy (non-hydrogen) atoms. The van der Waals surface area contributed by atoms with E-state index >= 15 is 0 Å². The van der Waals surface area contributed by atoms with Crippen LogP contribution in [0.1, 0.15) is 21.7 Å². The van der Waals surface area contributed by atoms with E-state index in [9.17, 15) is 4.79 Å². The van der Waals surface area contributed by atoms with E-state index in [1.54, 1.807) is 0 Å². The monoisotopic (exact) mass is 313 g/mol. The lowest BCUT2D eigenvalue weighted by atomic mass is 10.2. The van der Waals surface area contributed by atoms with E-state index < -0.39 is 0 Å². The fourth-order valence-electron chi connectivity index (χ4n) is 2.09. The lowest BCUT2D eigenvalue weighted by Crippen LogP contribution is -2.24. The number of carbonyl (C=O) groups is 1. The van der Waals surface area contributed by atoms with Crippen molar-refractivity contribution in [2.75, 3.05) is 38.0 Å². The van der Waals surface area contributed by atoms with Crippen molar-refractivity contribution in [2.24, 2.45) is 0 Å². The van der Waals surface area contributed by atoms with Crippen LogP contribution < -0.4 is 15.1 Å². The first-order valence-corrected chi connectivity index (χ1v) is 7.44. The number of rotatable bonds is 5. The molecule has 0 aliphatic heterocycles. The molecule has 0 aliphatic rings. The lowest BCUT2D eigenvalue weighted by molar-refractivity contribution is 0.0950. The molecule has 0 aliphatic carbocycles. The van der Waals surface area contributed by atoms with Gasteiger partial charge in [-0.2, -0.15) is 0 Å². The van der Waals surface area contributed by atoms with Crippen LogP contribution in [0.25, 0.3) is 0 Å². The van der Waals surface area contributed by atoms with Gasteiger partial charge in [-0.1, -0.05) is 0 Å². The van der Waals surface area contributed by atoms with Gasteiger partial charge in [-0.25, -0.2) is 9.97 Å². The van der Waals surface area contributed by atoms with Crippen LogP contribution in [0.15, 0.2) is 30.3 Å². The Morgan fingerprint density at radius 3 is 2.26 bits per heavy atom.